The van der Waals surface area contributed by atoms with Gasteiger partial charge in [0.25, 0.3) is 0 Å². The van der Waals surface area contributed by atoms with Crippen molar-refractivity contribution >= 4 is 16.9 Å². The van der Waals surface area contributed by atoms with Crippen molar-refractivity contribution in [3.63, 3.8) is 0 Å². The summed E-state index contributed by atoms with van der Waals surface area (Å²) in [7, 11) is 0. The maximum atomic E-state index is 12.5. The van der Waals surface area contributed by atoms with Crippen molar-refractivity contribution in [2.45, 2.75) is 47.6 Å². The number of benzene rings is 1. The van der Waals surface area contributed by atoms with Crippen LogP contribution in [0.15, 0.2) is 12.1 Å². The van der Waals surface area contributed by atoms with Crippen molar-refractivity contribution in [3.05, 3.63) is 34.5 Å². The van der Waals surface area contributed by atoms with Crippen molar-refractivity contribution in [2.24, 2.45) is 5.41 Å². The molecular weight excluding hydrogens is 262 g/mol. The van der Waals surface area contributed by atoms with Crippen molar-refractivity contribution in [1.29, 1.82) is 0 Å². The second-order valence-electron chi connectivity index (χ2n) is 6.95. The van der Waals surface area contributed by atoms with Gasteiger partial charge >= 0.3 is 5.97 Å². The lowest BCUT2D eigenvalue weighted by Gasteiger charge is -2.16. The summed E-state index contributed by atoms with van der Waals surface area (Å²) in [6.45, 7) is 11.9. The van der Waals surface area contributed by atoms with Gasteiger partial charge in [0.1, 0.15) is 0 Å². The zero-order chi connectivity index (χ0) is 15.4. The fourth-order valence-corrected chi connectivity index (χ4v) is 3.63. The van der Waals surface area contributed by atoms with E-state index in [4.69, 9.17) is 4.74 Å². The van der Waals surface area contributed by atoms with E-state index in [0.717, 1.165) is 35.2 Å². The highest BCUT2D eigenvalue weighted by Crippen LogP contribution is 2.41. The molecule has 2 heterocycles. The van der Waals surface area contributed by atoms with Gasteiger partial charge in [-0.1, -0.05) is 19.9 Å². The van der Waals surface area contributed by atoms with Gasteiger partial charge in [-0.2, -0.15) is 0 Å². The average Bonchev–Trinajstić information content (AvgIpc) is 2.81. The molecular formula is C18H23NO2. The molecule has 21 heavy (non-hydrogen) atoms. The highest BCUT2D eigenvalue weighted by Gasteiger charge is 2.35. The van der Waals surface area contributed by atoms with Crippen LogP contribution in [0.2, 0.25) is 0 Å². The van der Waals surface area contributed by atoms with Gasteiger partial charge in [-0.3, -0.25) is 0 Å². The molecule has 0 aliphatic carbocycles. The third-order valence-corrected chi connectivity index (χ3v) is 4.33. The van der Waals surface area contributed by atoms with Crippen LogP contribution in [0, 0.1) is 19.3 Å². The Morgan fingerprint density at radius 2 is 2.05 bits per heavy atom. The average molecular weight is 285 g/mol. The molecule has 0 amide bonds. The summed E-state index contributed by atoms with van der Waals surface area (Å²) in [5.41, 5.74) is 5.70. The summed E-state index contributed by atoms with van der Waals surface area (Å²) in [6.07, 6.45) is 0.925. The Morgan fingerprint density at radius 3 is 2.71 bits per heavy atom. The predicted octanol–water partition coefficient (Wildman–Crippen LogP) is 4.02. The molecule has 1 aromatic carbocycles. The summed E-state index contributed by atoms with van der Waals surface area (Å²) < 4.78 is 7.64. The Morgan fingerprint density at radius 1 is 1.33 bits per heavy atom. The standard InChI is InChI=1S/C18H23NO2/c1-6-21-17(20)16-14-9-18(4,5)10-19(14)13-8-11(2)7-12(3)15(13)16/h7-8H,6,9-10H2,1-5H3. The monoisotopic (exact) mass is 285 g/mol. The van der Waals surface area contributed by atoms with Crippen LogP contribution in [0.1, 0.15) is 48.0 Å². The van der Waals surface area contributed by atoms with Crippen LogP contribution in [0.25, 0.3) is 10.9 Å². The number of fused-ring (bicyclic) bond motifs is 3. The molecule has 0 radical (unpaired) electrons. The van der Waals surface area contributed by atoms with Gasteiger partial charge in [0.15, 0.2) is 0 Å². The summed E-state index contributed by atoms with van der Waals surface area (Å²) >= 11 is 0. The highest BCUT2D eigenvalue weighted by atomic mass is 16.5. The molecule has 0 saturated heterocycles. The van der Waals surface area contributed by atoms with Crippen molar-refractivity contribution in [3.8, 4) is 0 Å². The van der Waals surface area contributed by atoms with Crippen LogP contribution in [-0.4, -0.2) is 17.1 Å². The number of nitrogens with zero attached hydrogens (tertiary/aromatic N) is 1. The zero-order valence-electron chi connectivity index (χ0n) is 13.5. The predicted molar refractivity (Wildman–Crippen MR) is 84.9 cm³/mol. The first kappa shape index (κ1) is 14.2. The largest absolute Gasteiger partial charge is 0.462 e. The molecule has 0 bridgehead atoms. The van der Waals surface area contributed by atoms with E-state index < -0.39 is 0 Å². The minimum Gasteiger partial charge on any atom is -0.462 e. The molecule has 2 aromatic rings. The first-order chi connectivity index (χ1) is 9.84. The fourth-order valence-electron chi connectivity index (χ4n) is 3.63. The van der Waals surface area contributed by atoms with Gasteiger partial charge in [-0.15, -0.1) is 0 Å². The molecule has 0 fully saturated rings. The van der Waals surface area contributed by atoms with E-state index in [1.807, 2.05) is 6.92 Å². The summed E-state index contributed by atoms with van der Waals surface area (Å²) in [5, 5.41) is 1.07. The Kier molecular flexibility index (Phi) is 3.12. The first-order valence-electron chi connectivity index (χ1n) is 7.63. The van der Waals surface area contributed by atoms with Gasteiger partial charge in [-0.25, -0.2) is 4.79 Å². The molecule has 3 nitrogen and oxygen atoms in total. The zero-order valence-corrected chi connectivity index (χ0v) is 13.5. The van der Waals surface area contributed by atoms with Crippen LogP contribution in [0.4, 0.5) is 0 Å². The van der Waals surface area contributed by atoms with Crippen LogP contribution < -0.4 is 0 Å². The SMILES string of the molecule is CCOC(=O)c1c2n(c3cc(C)cc(C)c13)CC(C)(C)C2. The molecule has 3 heteroatoms. The smallest absolute Gasteiger partial charge is 0.340 e. The van der Waals surface area contributed by atoms with E-state index in [-0.39, 0.29) is 11.4 Å². The van der Waals surface area contributed by atoms with E-state index in [1.165, 1.54) is 11.1 Å². The second-order valence-corrected chi connectivity index (χ2v) is 6.95. The lowest BCUT2D eigenvalue weighted by molar-refractivity contribution is 0.0527. The molecule has 0 atom stereocenters. The quantitative estimate of drug-likeness (QED) is 0.780. The number of hydrogen-bond donors (Lipinski definition) is 0. The highest BCUT2D eigenvalue weighted by molar-refractivity contribution is 6.07. The van der Waals surface area contributed by atoms with E-state index in [1.54, 1.807) is 0 Å². The minimum absolute atomic E-state index is 0.180. The lowest BCUT2D eigenvalue weighted by atomic mass is 9.89. The summed E-state index contributed by atoms with van der Waals surface area (Å²) in [4.78, 5) is 12.5. The molecule has 0 spiro atoms. The van der Waals surface area contributed by atoms with Crippen LogP contribution in [0.3, 0.4) is 0 Å². The van der Waals surface area contributed by atoms with Crippen molar-refractivity contribution in [1.82, 2.24) is 4.57 Å². The lowest BCUT2D eigenvalue weighted by Crippen LogP contribution is -2.13. The number of aryl methyl sites for hydroxylation is 2. The number of ether oxygens (including phenoxy) is 1. The number of carbonyl (C=O) groups excluding carboxylic acids is 1. The van der Waals surface area contributed by atoms with Gasteiger partial charge in [0.05, 0.1) is 12.2 Å². The Hall–Kier alpha value is -1.77. The van der Waals surface area contributed by atoms with E-state index in [0.29, 0.717) is 6.61 Å². The normalized spacial score (nSPS) is 16.2. The Labute approximate surface area is 125 Å². The van der Waals surface area contributed by atoms with Crippen molar-refractivity contribution < 1.29 is 9.53 Å². The van der Waals surface area contributed by atoms with Crippen LogP contribution >= 0.6 is 0 Å². The number of hydrogen-bond acceptors (Lipinski definition) is 2. The molecule has 1 aliphatic rings. The Bertz CT molecular complexity index is 737. The second kappa shape index (κ2) is 4.62. The van der Waals surface area contributed by atoms with Gasteiger partial charge in [0.2, 0.25) is 0 Å². The fraction of sp³-hybridized carbons (Fsp3) is 0.500. The van der Waals surface area contributed by atoms with Crippen LogP contribution in [-0.2, 0) is 17.7 Å². The third-order valence-electron chi connectivity index (χ3n) is 4.33. The summed E-state index contributed by atoms with van der Waals surface area (Å²) in [5.74, 6) is -0.180. The Balaban J connectivity index is 2.33. The molecule has 3 rings (SSSR count). The molecule has 0 saturated carbocycles. The molecule has 1 aromatic heterocycles. The maximum Gasteiger partial charge on any atom is 0.340 e. The molecule has 0 unspecified atom stereocenters. The number of carbonyl (C=O) groups is 1. The van der Waals surface area contributed by atoms with Gasteiger partial charge < -0.3 is 9.30 Å². The summed E-state index contributed by atoms with van der Waals surface area (Å²) in [6, 6.07) is 4.34. The van der Waals surface area contributed by atoms with E-state index in [2.05, 4.69) is 44.4 Å². The van der Waals surface area contributed by atoms with Crippen LogP contribution in [0.5, 0.6) is 0 Å². The first-order valence-corrected chi connectivity index (χ1v) is 7.63. The number of esters is 1. The van der Waals surface area contributed by atoms with Gasteiger partial charge in [0, 0.05) is 23.1 Å². The molecule has 1 aliphatic heterocycles. The topological polar surface area (TPSA) is 31.2 Å². The minimum atomic E-state index is -0.180. The van der Waals surface area contributed by atoms with E-state index >= 15 is 0 Å². The number of rotatable bonds is 2. The number of aromatic nitrogens is 1. The maximum absolute atomic E-state index is 12.5. The molecule has 112 valence electrons. The molecule has 0 N–H and O–H groups in total. The third kappa shape index (κ3) is 2.15. The van der Waals surface area contributed by atoms with E-state index in [9.17, 15) is 4.79 Å². The van der Waals surface area contributed by atoms with Gasteiger partial charge in [-0.05, 0) is 49.8 Å². The van der Waals surface area contributed by atoms with Crippen molar-refractivity contribution in [2.75, 3.05) is 6.61 Å².